The Labute approximate surface area is 115 Å². The molecule has 2 fully saturated rings. The van der Waals surface area contributed by atoms with Crippen molar-refractivity contribution < 1.29 is 9.47 Å². The summed E-state index contributed by atoms with van der Waals surface area (Å²) in [6.45, 7) is 4.23. The Morgan fingerprint density at radius 2 is 2.32 bits per heavy atom. The lowest BCUT2D eigenvalue weighted by atomic mass is 9.90. The minimum Gasteiger partial charge on any atom is -0.382 e. The second-order valence-corrected chi connectivity index (χ2v) is 5.36. The fourth-order valence-electron chi connectivity index (χ4n) is 3.04. The van der Waals surface area contributed by atoms with Crippen LogP contribution in [0.3, 0.4) is 0 Å². The van der Waals surface area contributed by atoms with Crippen molar-refractivity contribution in [3.8, 4) is 0 Å². The van der Waals surface area contributed by atoms with Crippen molar-refractivity contribution in [3.63, 3.8) is 0 Å². The normalized spacial score (nSPS) is 29.8. The third-order valence-corrected chi connectivity index (χ3v) is 3.88. The van der Waals surface area contributed by atoms with Crippen LogP contribution in [0.2, 0.25) is 0 Å². The topological polar surface area (TPSA) is 72.1 Å². The molecule has 19 heavy (non-hydrogen) atoms. The summed E-state index contributed by atoms with van der Waals surface area (Å²) < 4.78 is 11.0. The van der Waals surface area contributed by atoms with E-state index in [1.165, 1.54) is 12.8 Å². The summed E-state index contributed by atoms with van der Waals surface area (Å²) in [5, 5.41) is 0. The summed E-state index contributed by atoms with van der Waals surface area (Å²) in [5.41, 5.74) is 2.76. The number of nitrogens with one attached hydrogen (secondary N) is 1. The molecule has 1 aliphatic carbocycles. The molecule has 110 valence electrons. The first kappa shape index (κ1) is 14.6. The van der Waals surface area contributed by atoms with Gasteiger partial charge in [-0.15, -0.1) is 0 Å². The number of fused-ring (bicyclic) bond motifs is 1. The van der Waals surface area contributed by atoms with Gasteiger partial charge in [0, 0.05) is 13.7 Å². The average molecular weight is 270 g/mol. The SMILES string of the molecule is COCC(C)N=C(NN)N1CCOC2CCCCC21. The standard InChI is InChI=1S/C13H26N4O2/c1-10(9-18-2)15-13(16-14)17-7-8-19-12-6-4-3-5-11(12)17/h10-12H,3-9,14H2,1-2H3,(H,15,16). The maximum Gasteiger partial charge on any atom is 0.209 e. The molecule has 6 nitrogen and oxygen atoms in total. The van der Waals surface area contributed by atoms with E-state index in [0.717, 1.165) is 32.0 Å². The number of hydrogen-bond donors (Lipinski definition) is 2. The third kappa shape index (κ3) is 3.58. The van der Waals surface area contributed by atoms with Crippen LogP contribution in [0.25, 0.3) is 0 Å². The van der Waals surface area contributed by atoms with Gasteiger partial charge in [0.05, 0.1) is 31.4 Å². The van der Waals surface area contributed by atoms with E-state index < -0.39 is 0 Å². The molecule has 2 aliphatic rings. The predicted octanol–water partition coefficient (Wildman–Crippen LogP) is 0.484. The summed E-state index contributed by atoms with van der Waals surface area (Å²) in [4.78, 5) is 6.90. The Morgan fingerprint density at radius 3 is 3.05 bits per heavy atom. The van der Waals surface area contributed by atoms with Gasteiger partial charge < -0.3 is 14.4 Å². The lowest BCUT2D eigenvalue weighted by molar-refractivity contribution is -0.0649. The van der Waals surface area contributed by atoms with E-state index in [1.54, 1.807) is 7.11 Å². The van der Waals surface area contributed by atoms with Crippen molar-refractivity contribution in [1.29, 1.82) is 0 Å². The number of aliphatic imine (C=N–C) groups is 1. The fraction of sp³-hybridized carbons (Fsp3) is 0.923. The number of rotatable bonds is 3. The average Bonchev–Trinajstić information content (AvgIpc) is 2.44. The third-order valence-electron chi connectivity index (χ3n) is 3.88. The number of morpholine rings is 1. The summed E-state index contributed by atoms with van der Waals surface area (Å²) in [5.74, 6) is 6.43. The van der Waals surface area contributed by atoms with Gasteiger partial charge in [0.1, 0.15) is 0 Å². The first-order valence-electron chi connectivity index (χ1n) is 7.18. The van der Waals surface area contributed by atoms with Crippen molar-refractivity contribution >= 4 is 5.96 Å². The summed E-state index contributed by atoms with van der Waals surface area (Å²) in [6.07, 6.45) is 5.15. The van der Waals surface area contributed by atoms with Crippen LogP contribution in [0.15, 0.2) is 4.99 Å². The molecule has 0 aromatic rings. The van der Waals surface area contributed by atoms with E-state index in [4.69, 9.17) is 15.3 Å². The van der Waals surface area contributed by atoms with Crippen molar-refractivity contribution in [2.24, 2.45) is 10.8 Å². The summed E-state index contributed by atoms with van der Waals surface area (Å²) in [7, 11) is 1.69. The molecule has 0 aromatic carbocycles. The molecule has 1 aliphatic heterocycles. The second-order valence-electron chi connectivity index (χ2n) is 5.36. The molecular formula is C13H26N4O2. The molecule has 0 bridgehead atoms. The molecule has 0 aromatic heterocycles. The zero-order chi connectivity index (χ0) is 13.7. The highest BCUT2D eigenvalue weighted by molar-refractivity contribution is 5.80. The van der Waals surface area contributed by atoms with Gasteiger partial charge in [-0.1, -0.05) is 12.8 Å². The van der Waals surface area contributed by atoms with Crippen LogP contribution in [-0.2, 0) is 9.47 Å². The van der Waals surface area contributed by atoms with Gasteiger partial charge in [-0.3, -0.25) is 5.43 Å². The molecule has 3 unspecified atom stereocenters. The van der Waals surface area contributed by atoms with E-state index in [2.05, 4.69) is 15.3 Å². The number of nitrogens with zero attached hydrogens (tertiary/aromatic N) is 2. The van der Waals surface area contributed by atoms with Gasteiger partial charge >= 0.3 is 0 Å². The number of nitrogens with two attached hydrogens (primary N) is 1. The molecule has 6 heteroatoms. The lowest BCUT2D eigenvalue weighted by Crippen LogP contribution is -2.59. The Balaban J connectivity index is 2.07. The minimum atomic E-state index is 0.0981. The summed E-state index contributed by atoms with van der Waals surface area (Å²) in [6, 6.07) is 0.507. The van der Waals surface area contributed by atoms with E-state index in [9.17, 15) is 0 Å². The van der Waals surface area contributed by atoms with Crippen molar-refractivity contribution in [2.45, 2.75) is 50.8 Å². The van der Waals surface area contributed by atoms with Gasteiger partial charge in [-0.25, -0.2) is 10.8 Å². The highest BCUT2D eigenvalue weighted by atomic mass is 16.5. The maximum atomic E-state index is 5.87. The molecule has 0 radical (unpaired) electrons. The number of methoxy groups -OCH3 is 1. The molecule has 0 amide bonds. The highest BCUT2D eigenvalue weighted by Gasteiger charge is 2.35. The molecule has 3 N–H and O–H groups in total. The molecule has 1 saturated carbocycles. The predicted molar refractivity (Wildman–Crippen MR) is 74.8 cm³/mol. The van der Waals surface area contributed by atoms with Crippen molar-refractivity contribution in [1.82, 2.24) is 10.3 Å². The zero-order valence-corrected chi connectivity index (χ0v) is 12.0. The zero-order valence-electron chi connectivity index (χ0n) is 12.0. The van der Waals surface area contributed by atoms with E-state index >= 15 is 0 Å². The Kier molecular flexibility index (Phi) is 5.42. The molecular weight excluding hydrogens is 244 g/mol. The van der Waals surface area contributed by atoms with E-state index in [0.29, 0.717) is 18.8 Å². The van der Waals surface area contributed by atoms with Crippen LogP contribution in [-0.4, -0.2) is 55.9 Å². The van der Waals surface area contributed by atoms with Crippen LogP contribution in [0.5, 0.6) is 0 Å². The van der Waals surface area contributed by atoms with Crippen LogP contribution < -0.4 is 11.3 Å². The van der Waals surface area contributed by atoms with Crippen molar-refractivity contribution in [3.05, 3.63) is 0 Å². The first-order valence-corrected chi connectivity index (χ1v) is 7.18. The largest absolute Gasteiger partial charge is 0.382 e. The fourth-order valence-corrected chi connectivity index (χ4v) is 3.04. The van der Waals surface area contributed by atoms with E-state index in [1.807, 2.05) is 6.92 Å². The molecule has 1 heterocycles. The van der Waals surface area contributed by atoms with Crippen LogP contribution in [0.4, 0.5) is 0 Å². The maximum absolute atomic E-state index is 5.87. The number of hydrogen-bond acceptors (Lipinski definition) is 4. The minimum absolute atomic E-state index is 0.0981. The molecule has 0 spiro atoms. The van der Waals surface area contributed by atoms with Gasteiger partial charge in [0.25, 0.3) is 0 Å². The number of ether oxygens (including phenoxy) is 2. The quantitative estimate of drug-likeness (QED) is 0.338. The number of hydrazine groups is 1. The van der Waals surface area contributed by atoms with Crippen LogP contribution in [0.1, 0.15) is 32.6 Å². The van der Waals surface area contributed by atoms with Gasteiger partial charge in [0.15, 0.2) is 0 Å². The second kappa shape index (κ2) is 7.07. The smallest absolute Gasteiger partial charge is 0.209 e. The highest BCUT2D eigenvalue weighted by Crippen LogP contribution is 2.28. The van der Waals surface area contributed by atoms with Crippen LogP contribution in [0, 0.1) is 0 Å². The lowest BCUT2D eigenvalue weighted by Gasteiger charge is -2.45. The first-order chi connectivity index (χ1) is 9.26. The van der Waals surface area contributed by atoms with Gasteiger partial charge in [-0.2, -0.15) is 0 Å². The Morgan fingerprint density at radius 1 is 1.53 bits per heavy atom. The molecule has 2 rings (SSSR count). The van der Waals surface area contributed by atoms with Gasteiger partial charge in [-0.05, 0) is 19.8 Å². The monoisotopic (exact) mass is 270 g/mol. The van der Waals surface area contributed by atoms with Crippen molar-refractivity contribution in [2.75, 3.05) is 26.9 Å². The summed E-state index contributed by atoms with van der Waals surface area (Å²) >= 11 is 0. The van der Waals surface area contributed by atoms with Crippen LogP contribution >= 0.6 is 0 Å². The van der Waals surface area contributed by atoms with Gasteiger partial charge in [0.2, 0.25) is 5.96 Å². The Hall–Kier alpha value is -0.850. The Bertz CT molecular complexity index is 309. The van der Waals surface area contributed by atoms with E-state index in [-0.39, 0.29) is 6.04 Å². The molecule has 1 saturated heterocycles. The molecule has 3 atom stereocenters. The number of guanidine groups is 1.